The lowest BCUT2D eigenvalue weighted by atomic mass is 10.4. The van der Waals surface area contributed by atoms with Gasteiger partial charge in [-0.2, -0.15) is 10.4 Å². The van der Waals surface area contributed by atoms with E-state index in [9.17, 15) is 0 Å². The van der Waals surface area contributed by atoms with E-state index in [2.05, 4.69) is 11.2 Å². The summed E-state index contributed by atoms with van der Waals surface area (Å²) in [7, 11) is 0. The zero-order valence-corrected chi connectivity index (χ0v) is 6.07. The van der Waals surface area contributed by atoms with E-state index >= 15 is 0 Å². The molecule has 0 radical (unpaired) electrons. The SMILES string of the molecule is Cc1cnn([C@@H](C)C#N)c1. The molecule has 0 N–H and O–H groups in total. The molecule has 3 heteroatoms. The van der Waals surface area contributed by atoms with Gasteiger partial charge >= 0.3 is 0 Å². The lowest BCUT2D eigenvalue weighted by Crippen LogP contribution is -2.01. The summed E-state index contributed by atoms with van der Waals surface area (Å²) in [4.78, 5) is 0. The van der Waals surface area contributed by atoms with Crippen LogP contribution in [0.3, 0.4) is 0 Å². The van der Waals surface area contributed by atoms with Crippen LogP contribution >= 0.6 is 0 Å². The van der Waals surface area contributed by atoms with Crippen molar-refractivity contribution in [3.05, 3.63) is 18.0 Å². The van der Waals surface area contributed by atoms with Gasteiger partial charge in [-0.3, -0.25) is 4.68 Å². The van der Waals surface area contributed by atoms with Gasteiger partial charge in [0, 0.05) is 6.20 Å². The fraction of sp³-hybridized carbons (Fsp3) is 0.429. The Kier molecular flexibility index (Phi) is 1.72. The van der Waals surface area contributed by atoms with Crippen LogP contribution in [0.25, 0.3) is 0 Å². The summed E-state index contributed by atoms with van der Waals surface area (Å²) in [6.07, 6.45) is 3.60. The van der Waals surface area contributed by atoms with Gasteiger partial charge in [-0.25, -0.2) is 0 Å². The smallest absolute Gasteiger partial charge is 0.135 e. The third kappa shape index (κ3) is 1.16. The fourth-order valence-corrected chi connectivity index (χ4v) is 0.704. The third-order valence-electron chi connectivity index (χ3n) is 1.31. The quantitative estimate of drug-likeness (QED) is 0.582. The zero-order chi connectivity index (χ0) is 7.56. The minimum Gasteiger partial charge on any atom is -0.256 e. The van der Waals surface area contributed by atoms with Gasteiger partial charge in [0.2, 0.25) is 0 Å². The molecular weight excluding hydrogens is 126 g/mol. The number of hydrogen-bond acceptors (Lipinski definition) is 2. The second-order valence-electron chi connectivity index (χ2n) is 2.30. The Morgan fingerprint density at radius 3 is 2.90 bits per heavy atom. The van der Waals surface area contributed by atoms with E-state index in [1.807, 2.05) is 20.0 Å². The monoisotopic (exact) mass is 135 g/mol. The van der Waals surface area contributed by atoms with Gasteiger partial charge < -0.3 is 0 Å². The van der Waals surface area contributed by atoms with E-state index in [0.717, 1.165) is 5.56 Å². The van der Waals surface area contributed by atoms with Crippen molar-refractivity contribution in [1.29, 1.82) is 5.26 Å². The Labute approximate surface area is 59.9 Å². The molecule has 0 aliphatic carbocycles. The van der Waals surface area contributed by atoms with Crippen molar-refractivity contribution in [3.8, 4) is 6.07 Å². The molecule has 0 aliphatic rings. The second-order valence-corrected chi connectivity index (χ2v) is 2.30. The summed E-state index contributed by atoms with van der Waals surface area (Å²) in [6.45, 7) is 3.76. The maximum atomic E-state index is 8.49. The van der Waals surface area contributed by atoms with Crippen molar-refractivity contribution < 1.29 is 0 Å². The first-order chi connectivity index (χ1) is 4.74. The van der Waals surface area contributed by atoms with E-state index in [1.165, 1.54) is 0 Å². The van der Waals surface area contributed by atoms with Crippen LogP contribution < -0.4 is 0 Å². The van der Waals surface area contributed by atoms with E-state index < -0.39 is 0 Å². The van der Waals surface area contributed by atoms with Gasteiger partial charge in [0.25, 0.3) is 0 Å². The largest absolute Gasteiger partial charge is 0.256 e. The molecule has 0 saturated heterocycles. The number of aromatic nitrogens is 2. The summed E-state index contributed by atoms with van der Waals surface area (Å²) in [5.41, 5.74) is 1.09. The topological polar surface area (TPSA) is 41.6 Å². The molecule has 0 saturated carbocycles. The predicted octanol–water partition coefficient (Wildman–Crippen LogP) is 1.28. The molecule has 0 aliphatic heterocycles. The Hall–Kier alpha value is -1.30. The normalized spacial score (nSPS) is 12.5. The van der Waals surface area contributed by atoms with Crippen molar-refractivity contribution in [2.24, 2.45) is 0 Å². The third-order valence-corrected chi connectivity index (χ3v) is 1.31. The molecule has 3 nitrogen and oxygen atoms in total. The Bertz CT molecular complexity index is 256. The van der Waals surface area contributed by atoms with Gasteiger partial charge in [-0.05, 0) is 19.4 Å². The van der Waals surface area contributed by atoms with E-state index in [-0.39, 0.29) is 6.04 Å². The molecule has 0 amide bonds. The van der Waals surface area contributed by atoms with Crippen LogP contribution in [0.2, 0.25) is 0 Å². The molecule has 52 valence electrons. The van der Waals surface area contributed by atoms with E-state index in [4.69, 9.17) is 5.26 Å². The first kappa shape index (κ1) is 6.81. The Morgan fingerprint density at radius 2 is 2.50 bits per heavy atom. The van der Waals surface area contributed by atoms with E-state index in [1.54, 1.807) is 10.9 Å². The van der Waals surface area contributed by atoms with Crippen LogP contribution in [0, 0.1) is 18.3 Å². The highest BCUT2D eigenvalue weighted by molar-refractivity contribution is 5.02. The molecule has 1 atom stereocenters. The molecule has 10 heavy (non-hydrogen) atoms. The average molecular weight is 135 g/mol. The van der Waals surface area contributed by atoms with Crippen molar-refractivity contribution in [3.63, 3.8) is 0 Å². The highest BCUT2D eigenvalue weighted by Gasteiger charge is 2.00. The number of nitriles is 1. The molecule has 1 aromatic heterocycles. The summed E-state index contributed by atoms with van der Waals surface area (Å²) in [5, 5.41) is 12.5. The maximum Gasteiger partial charge on any atom is 0.135 e. The number of nitrogens with zero attached hydrogens (tertiary/aromatic N) is 3. The minimum atomic E-state index is -0.159. The van der Waals surface area contributed by atoms with Crippen LogP contribution in [-0.4, -0.2) is 9.78 Å². The Morgan fingerprint density at radius 1 is 1.80 bits per heavy atom. The molecule has 0 unspecified atom stereocenters. The molecular formula is C7H9N3. The fourth-order valence-electron chi connectivity index (χ4n) is 0.704. The lowest BCUT2D eigenvalue weighted by Gasteiger charge is -1.99. The van der Waals surface area contributed by atoms with Crippen LogP contribution in [0.4, 0.5) is 0 Å². The Balaban J connectivity index is 2.87. The molecule has 1 heterocycles. The van der Waals surface area contributed by atoms with Gasteiger partial charge in [-0.1, -0.05) is 0 Å². The number of aryl methyl sites for hydroxylation is 1. The summed E-state index contributed by atoms with van der Waals surface area (Å²) in [5.74, 6) is 0. The first-order valence-electron chi connectivity index (χ1n) is 3.14. The maximum absolute atomic E-state index is 8.49. The molecule has 0 spiro atoms. The second kappa shape index (κ2) is 2.53. The van der Waals surface area contributed by atoms with Crippen molar-refractivity contribution >= 4 is 0 Å². The zero-order valence-electron chi connectivity index (χ0n) is 6.07. The molecule has 0 aromatic carbocycles. The average Bonchev–Trinajstić information content (AvgIpc) is 2.34. The molecule has 0 bridgehead atoms. The number of rotatable bonds is 1. The molecule has 1 aromatic rings. The highest BCUT2D eigenvalue weighted by Crippen LogP contribution is 2.02. The van der Waals surface area contributed by atoms with Crippen LogP contribution in [0.15, 0.2) is 12.4 Å². The van der Waals surface area contributed by atoms with Gasteiger partial charge in [-0.15, -0.1) is 0 Å². The van der Waals surface area contributed by atoms with Crippen molar-refractivity contribution in [2.75, 3.05) is 0 Å². The van der Waals surface area contributed by atoms with Crippen molar-refractivity contribution in [2.45, 2.75) is 19.9 Å². The lowest BCUT2D eigenvalue weighted by molar-refractivity contribution is 0.591. The molecule has 0 fully saturated rings. The van der Waals surface area contributed by atoms with E-state index in [0.29, 0.717) is 0 Å². The van der Waals surface area contributed by atoms with Gasteiger partial charge in [0.05, 0.1) is 12.3 Å². The van der Waals surface area contributed by atoms with Gasteiger partial charge in [0.1, 0.15) is 6.04 Å². The summed E-state index contributed by atoms with van der Waals surface area (Å²) >= 11 is 0. The van der Waals surface area contributed by atoms with Crippen LogP contribution in [-0.2, 0) is 0 Å². The summed E-state index contributed by atoms with van der Waals surface area (Å²) in [6, 6.07) is 1.94. The number of hydrogen-bond donors (Lipinski definition) is 0. The standard InChI is InChI=1S/C7H9N3/c1-6-4-9-10(5-6)7(2)3-8/h4-5,7H,1-2H3/t7-/m0/s1. The first-order valence-corrected chi connectivity index (χ1v) is 3.14. The minimum absolute atomic E-state index is 0.159. The van der Waals surface area contributed by atoms with Crippen molar-refractivity contribution in [1.82, 2.24) is 9.78 Å². The molecule has 1 rings (SSSR count). The highest BCUT2D eigenvalue weighted by atomic mass is 15.3. The van der Waals surface area contributed by atoms with Crippen LogP contribution in [0.1, 0.15) is 18.5 Å². The summed E-state index contributed by atoms with van der Waals surface area (Å²) < 4.78 is 1.65. The predicted molar refractivity (Wildman–Crippen MR) is 37.3 cm³/mol. The van der Waals surface area contributed by atoms with Gasteiger partial charge in [0.15, 0.2) is 0 Å². The van der Waals surface area contributed by atoms with Crippen LogP contribution in [0.5, 0.6) is 0 Å².